The number of phenolic OH excluding ortho intramolecular Hbond substituents is 1. The standard InChI is InChI=1S/C11H14O4/c1-6-4-5-8(9(12)7(6)2)10(13)11(14)15-3/h4-5,10,12-13H,1-3H3. The summed E-state index contributed by atoms with van der Waals surface area (Å²) in [4.78, 5) is 11.1. The molecule has 4 nitrogen and oxygen atoms in total. The number of benzene rings is 1. The van der Waals surface area contributed by atoms with E-state index in [1.807, 2.05) is 6.92 Å². The molecular weight excluding hydrogens is 196 g/mol. The van der Waals surface area contributed by atoms with E-state index in [9.17, 15) is 15.0 Å². The summed E-state index contributed by atoms with van der Waals surface area (Å²) in [7, 11) is 1.18. The van der Waals surface area contributed by atoms with Gasteiger partial charge in [0.2, 0.25) is 0 Å². The average Bonchev–Trinajstić information content (AvgIpc) is 2.24. The molecule has 0 aromatic heterocycles. The number of carbonyl (C=O) groups excluding carboxylic acids is 1. The summed E-state index contributed by atoms with van der Waals surface area (Å²) in [6.45, 7) is 3.56. The van der Waals surface area contributed by atoms with Crippen molar-refractivity contribution in [2.75, 3.05) is 7.11 Å². The van der Waals surface area contributed by atoms with E-state index >= 15 is 0 Å². The van der Waals surface area contributed by atoms with Crippen molar-refractivity contribution in [2.24, 2.45) is 0 Å². The largest absolute Gasteiger partial charge is 0.507 e. The fraction of sp³-hybridized carbons (Fsp3) is 0.364. The molecule has 0 aliphatic rings. The molecule has 0 saturated heterocycles. The number of ether oxygens (including phenoxy) is 1. The molecule has 0 bridgehead atoms. The number of aromatic hydroxyl groups is 1. The van der Waals surface area contributed by atoms with E-state index in [-0.39, 0.29) is 11.3 Å². The second-order valence-electron chi connectivity index (χ2n) is 3.37. The third-order valence-corrected chi connectivity index (χ3v) is 2.45. The summed E-state index contributed by atoms with van der Waals surface area (Å²) in [6, 6.07) is 3.25. The predicted octanol–water partition coefficient (Wildman–Crippen LogP) is 1.22. The van der Waals surface area contributed by atoms with E-state index in [2.05, 4.69) is 4.74 Å². The van der Waals surface area contributed by atoms with Crippen molar-refractivity contribution in [3.05, 3.63) is 28.8 Å². The molecule has 0 spiro atoms. The fourth-order valence-corrected chi connectivity index (χ4v) is 1.28. The van der Waals surface area contributed by atoms with Crippen LogP contribution in [0, 0.1) is 13.8 Å². The van der Waals surface area contributed by atoms with Crippen LogP contribution in [0.25, 0.3) is 0 Å². The van der Waals surface area contributed by atoms with E-state index in [1.165, 1.54) is 13.2 Å². The molecule has 1 aromatic rings. The first-order valence-electron chi connectivity index (χ1n) is 4.54. The minimum Gasteiger partial charge on any atom is -0.507 e. The number of aliphatic hydroxyl groups excluding tert-OH is 1. The third-order valence-electron chi connectivity index (χ3n) is 2.45. The lowest BCUT2D eigenvalue weighted by molar-refractivity contribution is -0.150. The lowest BCUT2D eigenvalue weighted by Gasteiger charge is -2.13. The van der Waals surface area contributed by atoms with Gasteiger partial charge in [0.1, 0.15) is 5.75 Å². The first-order valence-corrected chi connectivity index (χ1v) is 4.54. The highest BCUT2D eigenvalue weighted by Crippen LogP contribution is 2.30. The van der Waals surface area contributed by atoms with Crippen molar-refractivity contribution >= 4 is 5.97 Å². The Morgan fingerprint density at radius 2 is 2.00 bits per heavy atom. The maximum absolute atomic E-state index is 11.1. The molecule has 0 radical (unpaired) electrons. The van der Waals surface area contributed by atoms with Crippen LogP contribution >= 0.6 is 0 Å². The van der Waals surface area contributed by atoms with Crippen LogP contribution in [0.15, 0.2) is 12.1 Å². The van der Waals surface area contributed by atoms with E-state index in [1.54, 1.807) is 13.0 Å². The number of rotatable bonds is 2. The topological polar surface area (TPSA) is 66.8 Å². The van der Waals surface area contributed by atoms with Gasteiger partial charge in [0, 0.05) is 5.56 Å². The molecule has 1 atom stereocenters. The highest BCUT2D eigenvalue weighted by Gasteiger charge is 2.22. The van der Waals surface area contributed by atoms with Crippen molar-refractivity contribution in [2.45, 2.75) is 20.0 Å². The number of carbonyl (C=O) groups is 1. The fourth-order valence-electron chi connectivity index (χ4n) is 1.28. The van der Waals surface area contributed by atoms with Gasteiger partial charge in [-0.1, -0.05) is 12.1 Å². The van der Waals surface area contributed by atoms with Crippen LogP contribution in [0.2, 0.25) is 0 Å². The Hall–Kier alpha value is -1.55. The second-order valence-corrected chi connectivity index (χ2v) is 3.37. The molecule has 4 heteroatoms. The quantitative estimate of drug-likeness (QED) is 0.720. The molecule has 0 aliphatic heterocycles. The van der Waals surface area contributed by atoms with Gasteiger partial charge in [-0.2, -0.15) is 0 Å². The van der Waals surface area contributed by atoms with Crippen molar-refractivity contribution in [3.63, 3.8) is 0 Å². The molecule has 15 heavy (non-hydrogen) atoms. The smallest absolute Gasteiger partial charge is 0.339 e. The summed E-state index contributed by atoms with van der Waals surface area (Å²) in [5.74, 6) is -0.846. The van der Waals surface area contributed by atoms with Crippen molar-refractivity contribution in [3.8, 4) is 5.75 Å². The highest BCUT2D eigenvalue weighted by atomic mass is 16.5. The van der Waals surface area contributed by atoms with Gasteiger partial charge in [-0.25, -0.2) is 4.79 Å². The van der Waals surface area contributed by atoms with Crippen LogP contribution in [-0.2, 0) is 9.53 Å². The molecule has 0 aliphatic carbocycles. The van der Waals surface area contributed by atoms with Crippen molar-refractivity contribution in [1.29, 1.82) is 0 Å². The summed E-state index contributed by atoms with van der Waals surface area (Å²) in [6.07, 6.45) is -1.44. The zero-order valence-electron chi connectivity index (χ0n) is 8.94. The number of methoxy groups -OCH3 is 1. The minimum atomic E-state index is -1.44. The number of aliphatic hydroxyl groups is 1. The number of hydrogen-bond acceptors (Lipinski definition) is 4. The van der Waals surface area contributed by atoms with Gasteiger partial charge >= 0.3 is 5.97 Å². The van der Waals surface area contributed by atoms with Gasteiger partial charge in [-0.3, -0.25) is 0 Å². The Morgan fingerprint density at radius 3 is 2.53 bits per heavy atom. The summed E-state index contributed by atoms with van der Waals surface area (Å²) in [5, 5.41) is 19.3. The van der Waals surface area contributed by atoms with Crippen LogP contribution < -0.4 is 0 Å². The maximum Gasteiger partial charge on any atom is 0.339 e. The molecule has 1 aromatic carbocycles. The lowest BCUT2D eigenvalue weighted by atomic mass is 10.0. The lowest BCUT2D eigenvalue weighted by Crippen LogP contribution is -2.14. The van der Waals surface area contributed by atoms with Gasteiger partial charge in [0.15, 0.2) is 6.10 Å². The van der Waals surface area contributed by atoms with Gasteiger partial charge in [0.05, 0.1) is 7.11 Å². The Kier molecular flexibility index (Phi) is 3.31. The van der Waals surface area contributed by atoms with Crippen molar-refractivity contribution < 1.29 is 19.7 Å². The zero-order valence-corrected chi connectivity index (χ0v) is 8.94. The molecule has 0 amide bonds. The first kappa shape index (κ1) is 11.5. The van der Waals surface area contributed by atoms with E-state index in [0.717, 1.165) is 5.56 Å². The van der Waals surface area contributed by atoms with Gasteiger partial charge in [0.25, 0.3) is 0 Å². The molecule has 2 N–H and O–H groups in total. The molecule has 0 saturated carbocycles. The second kappa shape index (κ2) is 4.31. The van der Waals surface area contributed by atoms with Gasteiger partial charge in [-0.05, 0) is 25.0 Å². The molecule has 1 rings (SSSR count). The summed E-state index contributed by atoms with van der Waals surface area (Å²) < 4.78 is 4.39. The molecule has 82 valence electrons. The molecule has 0 heterocycles. The van der Waals surface area contributed by atoms with Crippen molar-refractivity contribution in [1.82, 2.24) is 0 Å². The van der Waals surface area contributed by atoms with Crippen LogP contribution in [0.4, 0.5) is 0 Å². The van der Waals surface area contributed by atoms with Crippen LogP contribution in [0.5, 0.6) is 5.75 Å². The zero-order chi connectivity index (χ0) is 11.6. The number of hydrogen-bond donors (Lipinski definition) is 2. The number of aryl methyl sites for hydroxylation is 1. The number of phenols is 1. The summed E-state index contributed by atoms with van der Waals surface area (Å²) >= 11 is 0. The van der Waals surface area contributed by atoms with Gasteiger partial charge in [-0.15, -0.1) is 0 Å². The maximum atomic E-state index is 11.1. The predicted molar refractivity (Wildman–Crippen MR) is 54.6 cm³/mol. The molecule has 0 fully saturated rings. The minimum absolute atomic E-state index is 0.0621. The van der Waals surface area contributed by atoms with Crippen LogP contribution in [0.3, 0.4) is 0 Å². The molecular formula is C11H14O4. The SMILES string of the molecule is COC(=O)C(O)c1ccc(C)c(C)c1O. The molecule has 1 unspecified atom stereocenters. The van der Waals surface area contributed by atoms with Crippen LogP contribution in [0.1, 0.15) is 22.8 Å². The first-order chi connectivity index (χ1) is 6.99. The Balaban J connectivity index is 3.16. The van der Waals surface area contributed by atoms with E-state index in [4.69, 9.17) is 0 Å². The van der Waals surface area contributed by atoms with Gasteiger partial charge < -0.3 is 14.9 Å². The Morgan fingerprint density at radius 1 is 1.40 bits per heavy atom. The average molecular weight is 210 g/mol. The third kappa shape index (κ3) is 2.10. The van der Waals surface area contributed by atoms with E-state index < -0.39 is 12.1 Å². The number of esters is 1. The highest BCUT2D eigenvalue weighted by molar-refractivity contribution is 5.77. The monoisotopic (exact) mass is 210 g/mol. The normalized spacial score (nSPS) is 12.3. The Bertz CT molecular complexity index is 384. The Labute approximate surface area is 88.1 Å². The van der Waals surface area contributed by atoms with Crippen LogP contribution in [-0.4, -0.2) is 23.3 Å². The summed E-state index contributed by atoms with van der Waals surface area (Å²) in [5.41, 5.74) is 1.72. The van der Waals surface area contributed by atoms with E-state index in [0.29, 0.717) is 5.56 Å².